The summed E-state index contributed by atoms with van der Waals surface area (Å²) in [5, 5.41) is 11.6. The SMILES string of the molecule is COC(=O)[C@@H]1C[C@H](NC(=O)[C@H]2CC[C@@H]2NC(=O)[C@@H]2C[C@H](NC(=O)[C@H]3CC[C@@H]3NC(=O)OCc3ccccc3)CN2C(=O)OC(C)(C)C)CN1C(=O)OC(C)(C)C. The van der Waals surface area contributed by atoms with Crippen LogP contribution in [0.25, 0.3) is 0 Å². The van der Waals surface area contributed by atoms with Gasteiger partial charge in [-0.3, -0.25) is 24.2 Å². The molecule has 0 aromatic heterocycles. The Bertz CT molecular complexity index is 1640. The molecule has 1 aromatic rings. The first-order chi connectivity index (χ1) is 26.3. The van der Waals surface area contributed by atoms with Crippen molar-refractivity contribution in [3.05, 3.63) is 35.9 Å². The number of methoxy groups -OCH3 is 1. The van der Waals surface area contributed by atoms with E-state index in [0.717, 1.165) is 5.56 Å². The third-order valence-corrected chi connectivity index (χ3v) is 10.4. The number of likely N-dealkylation sites (tertiary alicyclic amines) is 2. The molecule has 17 heteroatoms. The Morgan fingerprint density at radius 2 is 1.12 bits per heavy atom. The Hall–Kier alpha value is -5.09. The van der Waals surface area contributed by atoms with Crippen LogP contribution in [-0.4, -0.2) is 119 Å². The van der Waals surface area contributed by atoms with E-state index >= 15 is 0 Å². The van der Waals surface area contributed by atoms with Gasteiger partial charge < -0.3 is 40.2 Å². The summed E-state index contributed by atoms with van der Waals surface area (Å²) in [6.07, 6.45) is 0.393. The van der Waals surface area contributed by atoms with Crippen LogP contribution in [0.15, 0.2) is 30.3 Å². The second kappa shape index (κ2) is 17.4. The number of amides is 6. The smallest absolute Gasteiger partial charge is 0.411 e. The number of nitrogens with zero attached hydrogens (tertiary/aromatic N) is 2. The van der Waals surface area contributed by atoms with Gasteiger partial charge in [0.05, 0.1) is 18.9 Å². The van der Waals surface area contributed by atoms with E-state index in [1.54, 1.807) is 41.5 Å². The number of carbonyl (C=O) groups excluding carboxylic acids is 7. The minimum atomic E-state index is -0.985. The molecule has 8 atom stereocenters. The average Bonchev–Trinajstić information content (AvgIpc) is 3.71. The molecule has 0 unspecified atom stereocenters. The molecular weight excluding hydrogens is 728 g/mol. The van der Waals surface area contributed by atoms with Crippen molar-refractivity contribution in [3.63, 3.8) is 0 Å². The largest absolute Gasteiger partial charge is 0.467 e. The van der Waals surface area contributed by atoms with Crippen molar-refractivity contribution in [2.24, 2.45) is 11.8 Å². The van der Waals surface area contributed by atoms with Crippen LogP contribution in [-0.2, 0) is 44.7 Å². The van der Waals surface area contributed by atoms with Crippen LogP contribution in [0.3, 0.4) is 0 Å². The molecular formula is C39H56N6O11. The summed E-state index contributed by atoms with van der Waals surface area (Å²) in [6.45, 7) is 10.4. The first kappa shape index (κ1) is 42.1. The van der Waals surface area contributed by atoms with Gasteiger partial charge in [0.25, 0.3) is 0 Å². The van der Waals surface area contributed by atoms with Crippen molar-refractivity contribution in [2.45, 2.75) is 134 Å². The minimum Gasteiger partial charge on any atom is -0.467 e. The lowest BCUT2D eigenvalue weighted by molar-refractivity contribution is -0.145. The molecule has 6 amide bonds. The van der Waals surface area contributed by atoms with E-state index < -0.39 is 89.4 Å². The van der Waals surface area contributed by atoms with Crippen molar-refractivity contribution >= 4 is 42.0 Å². The summed E-state index contributed by atoms with van der Waals surface area (Å²) in [6, 6.07) is 5.25. The molecule has 2 heterocycles. The molecule has 308 valence electrons. The highest BCUT2D eigenvalue weighted by Gasteiger charge is 2.48. The van der Waals surface area contributed by atoms with E-state index in [2.05, 4.69) is 21.3 Å². The summed E-state index contributed by atoms with van der Waals surface area (Å²) in [5.41, 5.74) is -0.802. The third-order valence-electron chi connectivity index (χ3n) is 10.4. The van der Waals surface area contributed by atoms with Gasteiger partial charge in [-0.1, -0.05) is 30.3 Å². The normalized spacial score (nSPS) is 27.1. The molecule has 2 aliphatic heterocycles. The molecule has 5 rings (SSSR count). The molecule has 0 spiro atoms. The van der Waals surface area contributed by atoms with Crippen molar-refractivity contribution in [3.8, 4) is 0 Å². The number of rotatable bonds is 10. The number of nitrogens with one attached hydrogen (secondary N) is 4. The topological polar surface area (TPSA) is 211 Å². The van der Waals surface area contributed by atoms with Crippen molar-refractivity contribution in [2.75, 3.05) is 20.2 Å². The standard InChI is InChI=1S/C39H56N6O11/c1-38(2,3)55-36(51)44-19-23(40-32(47)26-14-16-28(26)43-35(50)54-21-22-11-9-8-10-12-22)17-29(44)33(48)42-27-15-13-25(27)31(46)41-24-18-30(34(49)53-7)45(20-24)37(52)56-39(4,5)6/h8-12,23-30H,13-21H2,1-7H3,(H,40,47)(H,41,46)(H,42,48)(H,43,50)/t23-,24-,25-,26-,27-,28-,29-,30-/m0/s1. The summed E-state index contributed by atoms with van der Waals surface area (Å²) in [4.78, 5) is 94.4. The first-order valence-electron chi connectivity index (χ1n) is 19.3. The molecule has 4 N–H and O–H groups in total. The quantitative estimate of drug-likeness (QED) is 0.200. The average molecular weight is 785 g/mol. The van der Waals surface area contributed by atoms with E-state index in [9.17, 15) is 33.6 Å². The van der Waals surface area contributed by atoms with Gasteiger partial charge in [0, 0.05) is 43.7 Å². The highest BCUT2D eigenvalue weighted by molar-refractivity contribution is 5.89. The van der Waals surface area contributed by atoms with E-state index in [1.165, 1.54) is 16.9 Å². The minimum absolute atomic E-state index is 0.0223. The van der Waals surface area contributed by atoms with Crippen LogP contribution in [0.2, 0.25) is 0 Å². The monoisotopic (exact) mass is 784 g/mol. The van der Waals surface area contributed by atoms with Gasteiger partial charge in [0.2, 0.25) is 17.7 Å². The Balaban J connectivity index is 1.16. The third kappa shape index (κ3) is 10.8. The van der Waals surface area contributed by atoms with E-state index in [-0.39, 0.29) is 44.4 Å². The maximum absolute atomic E-state index is 13.8. The Labute approximate surface area is 327 Å². The first-order valence-corrected chi connectivity index (χ1v) is 19.3. The zero-order chi connectivity index (χ0) is 40.9. The Kier molecular flexibility index (Phi) is 13.0. The molecule has 0 radical (unpaired) electrons. The number of ether oxygens (including phenoxy) is 4. The number of alkyl carbamates (subject to hydrolysis) is 1. The van der Waals surface area contributed by atoms with Crippen LogP contribution < -0.4 is 21.3 Å². The van der Waals surface area contributed by atoms with Crippen molar-refractivity contribution < 1.29 is 52.5 Å². The molecule has 4 aliphatic rings. The second-order valence-corrected chi connectivity index (χ2v) is 17.0. The fraction of sp³-hybridized carbons (Fsp3) is 0.667. The van der Waals surface area contributed by atoms with Crippen LogP contribution in [0, 0.1) is 11.8 Å². The van der Waals surface area contributed by atoms with Gasteiger partial charge in [0.15, 0.2) is 0 Å². The predicted octanol–water partition coefficient (Wildman–Crippen LogP) is 2.75. The van der Waals surface area contributed by atoms with Gasteiger partial charge in [-0.25, -0.2) is 19.2 Å². The summed E-state index contributed by atoms with van der Waals surface area (Å²) in [5.74, 6) is -2.83. The molecule has 17 nitrogen and oxygen atoms in total. The highest BCUT2D eigenvalue weighted by Crippen LogP contribution is 2.32. The van der Waals surface area contributed by atoms with E-state index in [4.69, 9.17) is 18.9 Å². The zero-order valence-electron chi connectivity index (χ0n) is 33.3. The summed E-state index contributed by atoms with van der Waals surface area (Å²) < 4.78 is 21.3. The second-order valence-electron chi connectivity index (χ2n) is 17.0. The van der Waals surface area contributed by atoms with Gasteiger partial charge in [-0.15, -0.1) is 0 Å². The number of esters is 1. The molecule has 2 aliphatic carbocycles. The number of benzene rings is 1. The molecule has 1 aromatic carbocycles. The zero-order valence-corrected chi connectivity index (χ0v) is 33.3. The molecule has 4 fully saturated rings. The number of carbonyl (C=O) groups is 7. The van der Waals surface area contributed by atoms with E-state index in [0.29, 0.717) is 25.7 Å². The predicted molar refractivity (Wildman–Crippen MR) is 199 cm³/mol. The molecule has 2 saturated carbocycles. The van der Waals surface area contributed by atoms with Crippen LogP contribution in [0.1, 0.15) is 85.6 Å². The Morgan fingerprint density at radius 1 is 0.643 bits per heavy atom. The number of hydrogen-bond donors (Lipinski definition) is 4. The van der Waals surface area contributed by atoms with Crippen LogP contribution in [0.5, 0.6) is 0 Å². The maximum Gasteiger partial charge on any atom is 0.411 e. The Morgan fingerprint density at radius 3 is 1.59 bits per heavy atom. The van der Waals surface area contributed by atoms with Gasteiger partial charge >= 0.3 is 24.2 Å². The van der Waals surface area contributed by atoms with Gasteiger partial charge in [0.1, 0.15) is 29.9 Å². The lowest BCUT2D eigenvalue weighted by Gasteiger charge is -2.38. The van der Waals surface area contributed by atoms with E-state index in [1.807, 2.05) is 30.3 Å². The van der Waals surface area contributed by atoms with Crippen molar-refractivity contribution in [1.82, 2.24) is 31.1 Å². The number of hydrogen-bond acceptors (Lipinski definition) is 11. The molecule has 56 heavy (non-hydrogen) atoms. The lowest BCUT2D eigenvalue weighted by Crippen LogP contribution is -2.57. The van der Waals surface area contributed by atoms with Gasteiger partial charge in [-0.2, -0.15) is 0 Å². The maximum atomic E-state index is 13.8. The highest BCUT2D eigenvalue weighted by atomic mass is 16.6. The molecule has 2 saturated heterocycles. The molecule has 0 bridgehead atoms. The summed E-state index contributed by atoms with van der Waals surface area (Å²) in [7, 11) is 1.23. The summed E-state index contributed by atoms with van der Waals surface area (Å²) >= 11 is 0. The van der Waals surface area contributed by atoms with Crippen LogP contribution >= 0.6 is 0 Å². The van der Waals surface area contributed by atoms with Gasteiger partial charge in [-0.05, 0) is 79.2 Å². The van der Waals surface area contributed by atoms with Crippen molar-refractivity contribution in [1.29, 1.82) is 0 Å². The fourth-order valence-electron chi connectivity index (χ4n) is 7.32. The fourth-order valence-corrected chi connectivity index (χ4v) is 7.32. The lowest BCUT2D eigenvalue weighted by atomic mass is 9.78. The van der Waals surface area contributed by atoms with Crippen LogP contribution in [0.4, 0.5) is 14.4 Å².